The smallest absolute Gasteiger partial charge is 0.250 e. The molecule has 0 amide bonds. The number of hydrogen-bond acceptors (Lipinski definition) is 4. The van der Waals surface area contributed by atoms with Gasteiger partial charge >= 0.3 is 0 Å². The summed E-state index contributed by atoms with van der Waals surface area (Å²) in [6, 6.07) is 9.00. The molecule has 6 heteroatoms. The van der Waals surface area contributed by atoms with Crippen molar-refractivity contribution in [1.29, 1.82) is 0 Å². The molecule has 2 aromatic heterocycles. The maximum absolute atomic E-state index is 13.0. The molecule has 0 aliphatic carbocycles. The van der Waals surface area contributed by atoms with Crippen LogP contribution in [0.4, 0.5) is 10.2 Å². The zero-order valence-electron chi connectivity index (χ0n) is 11.2. The number of rotatable bonds is 2. The van der Waals surface area contributed by atoms with Crippen LogP contribution >= 0.6 is 0 Å². The average molecular weight is 285 g/mol. The van der Waals surface area contributed by atoms with Gasteiger partial charge in [0.2, 0.25) is 0 Å². The average Bonchev–Trinajstić information content (AvgIpc) is 2.85. The minimum Gasteiger partial charge on any atom is -0.380 e. The fourth-order valence-corrected chi connectivity index (χ4v) is 2.08. The van der Waals surface area contributed by atoms with Gasteiger partial charge in [0.25, 0.3) is 5.56 Å². The summed E-state index contributed by atoms with van der Waals surface area (Å²) in [6.07, 6.45) is 1.63. The molecule has 0 saturated carbocycles. The van der Waals surface area contributed by atoms with Gasteiger partial charge in [-0.05, 0) is 23.8 Å². The molecular formula is C15H12FN3O2. The van der Waals surface area contributed by atoms with E-state index < -0.39 is 0 Å². The van der Waals surface area contributed by atoms with Crippen molar-refractivity contribution in [1.82, 2.24) is 9.72 Å². The first-order valence-corrected chi connectivity index (χ1v) is 6.24. The van der Waals surface area contributed by atoms with E-state index in [2.05, 4.69) is 5.16 Å². The Kier molecular flexibility index (Phi) is 3.06. The summed E-state index contributed by atoms with van der Waals surface area (Å²) >= 11 is 0. The summed E-state index contributed by atoms with van der Waals surface area (Å²) in [5.41, 5.74) is 7.45. The van der Waals surface area contributed by atoms with E-state index in [9.17, 15) is 9.18 Å². The Balaban J connectivity index is 2.18. The largest absolute Gasteiger partial charge is 0.380 e. The van der Waals surface area contributed by atoms with E-state index in [-0.39, 0.29) is 17.2 Å². The molecule has 0 aliphatic heterocycles. The van der Waals surface area contributed by atoms with Gasteiger partial charge in [0.1, 0.15) is 5.82 Å². The lowest BCUT2D eigenvalue weighted by molar-refractivity contribution is 0.436. The van der Waals surface area contributed by atoms with Crippen molar-refractivity contribution in [3.05, 3.63) is 58.8 Å². The normalized spacial score (nSPS) is 10.8. The first-order valence-electron chi connectivity index (χ1n) is 6.24. The van der Waals surface area contributed by atoms with E-state index in [1.165, 1.54) is 22.8 Å². The molecule has 0 radical (unpaired) electrons. The maximum Gasteiger partial charge on any atom is 0.250 e. The minimum absolute atomic E-state index is 0.174. The first-order chi connectivity index (χ1) is 10.1. The molecule has 5 nitrogen and oxygen atoms in total. The Bertz CT molecular complexity index is 850. The van der Waals surface area contributed by atoms with Crippen molar-refractivity contribution in [2.24, 2.45) is 7.05 Å². The van der Waals surface area contributed by atoms with Crippen LogP contribution in [0.15, 0.2) is 51.9 Å². The van der Waals surface area contributed by atoms with Crippen molar-refractivity contribution in [2.75, 3.05) is 5.73 Å². The highest BCUT2D eigenvalue weighted by Crippen LogP contribution is 2.35. The first kappa shape index (κ1) is 13.1. The van der Waals surface area contributed by atoms with Gasteiger partial charge in [-0.2, -0.15) is 0 Å². The van der Waals surface area contributed by atoms with Crippen LogP contribution < -0.4 is 11.3 Å². The minimum atomic E-state index is -0.344. The summed E-state index contributed by atoms with van der Waals surface area (Å²) in [6.45, 7) is 0. The van der Waals surface area contributed by atoms with Gasteiger partial charge < -0.3 is 14.8 Å². The second kappa shape index (κ2) is 4.90. The SMILES string of the molecule is Cn1ccc(-c2onc(N)c2-c2ccc(F)cc2)cc1=O. The number of hydrogen-bond donors (Lipinski definition) is 1. The maximum atomic E-state index is 13.0. The van der Waals surface area contributed by atoms with Crippen LogP contribution in [-0.4, -0.2) is 9.72 Å². The zero-order valence-corrected chi connectivity index (χ0v) is 11.2. The van der Waals surface area contributed by atoms with Crippen LogP contribution in [0.3, 0.4) is 0 Å². The van der Waals surface area contributed by atoms with Gasteiger partial charge in [-0.25, -0.2) is 4.39 Å². The molecule has 0 unspecified atom stereocenters. The lowest BCUT2D eigenvalue weighted by atomic mass is 10.0. The van der Waals surface area contributed by atoms with Gasteiger partial charge in [0, 0.05) is 24.9 Å². The van der Waals surface area contributed by atoms with Gasteiger partial charge in [0.15, 0.2) is 11.6 Å². The quantitative estimate of drug-likeness (QED) is 0.784. The second-order valence-corrected chi connectivity index (χ2v) is 4.64. The van der Waals surface area contributed by atoms with Crippen LogP contribution in [0, 0.1) is 5.82 Å². The fraction of sp³-hybridized carbons (Fsp3) is 0.0667. The van der Waals surface area contributed by atoms with Crippen LogP contribution in [0.1, 0.15) is 0 Å². The summed E-state index contributed by atoms with van der Waals surface area (Å²) in [4.78, 5) is 11.7. The lowest BCUT2D eigenvalue weighted by Gasteiger charge is -2.03. The molecule has 0 atom stereocenters. The number of halogens is 1. The Morgan fingerprint density at radius 2 is 1.90 bits per heavy atom. The summed E-state index contributed by atoms with van der Waals surface area (Å²) in [7, 11) is 1.65. The van der Waals surface area contributed by atoms with Crippen molar-refractivity contribution >= 4 is 5.82 Å². The molecule has 0 spiro atoms. The molecule has 2 heterocycles. The fourth-order valence-electron chi connectivity index (χ4n) is 2.08. The van der Waals surface area contributed by atoms with Crippen molar-refractivity contribution < 1.29 is 8.91 Å². The highest BCUT2D eigenvalue weighted by atomic mass is 19.1. The predicted molar refractivity (Wildman–Crippen MR) is 77.0 cm³/mol. The number of aromatic nitrogens is 2. The number of aryl methyl sites for hydroxylation is 1. The Morgan fingerprint density at radius 1 is 1.19 bits per heavy atom. The van der Waals surface area contributed by atoms with Crippen molar-refractivity contribution in [3.63, 3.8) is 0 Å². The summed E-state index contributed by atoms with van der Waals surface area (Å²) in [5.74, 6) is 0.234. The highest BCUT2D eigenvalue weighted by Gasteiger charge is 2.18. The number of nitrogens with two attached hydrogens (primary N) is 1. The highest BCUT2D eigenvalue weighted by molar-refractivity contribution is 5.86. The molecule has 0 bridgehead atoms. The van der Waals surface area contributed by atoms with E-state index >= 15 is 0 Å². The molecule has 21 heavy (non-hydrogen) atoms. The second-order valence-electron chi connectivity index (χ2n) is 4.64. The molecule has 3 aromatic rings. The third kappa shape index (κ3) is 2.31. The van der Waals surface area contributed by atoms with E-state index in [0.717, 1.165) is 0 Å². The van der Waals surface area contributed by atoms with Gasteiger partial charge in [0.05, 0.1) is 5.56 Å². The van der Waals surface area contributed by atoms with Crippen LogP contribution in [0.2, 0.25) is 0 Å². The molecule has 0 aliphatic rings. The Hall–Kier alpha value is -2.89. The molecule has 0 saturated heterocycles. The summed E-state index contributed by atoms with van der Waals surface area (Å²) in [5, 5.41) is 3.74. The summed E-state index contributed by atoms with van der Waals surface area (Å²) < 4.78 is 19.7. The molecule has 3 rings (SSSR count). The van der Waals surface area contributed by atoms with E-state index in [1.807, 2.05) is 0 Å². The molecule has 1 aromatic carbocycles. The Morgan fingerprint density at radius 3 is 2.57 bits per heavy atom. The Labute approximate surface area is 119 Å². The van der Waals surface area contributed by atoms with Crippen molar-refractivity contribution in [2.45, 2.75) is 0 Å². The van der Waals surface area contributed by atoms with E-state index in [0.29, 0.717) is 22.5 Å². The van der Waals surface area contributed by atoms with Gasteiger partial charge in [-0.3, -0.25) is 4.79 Å². The van der Waals surface area contributed by atoms with E-state index in [1.54, 1.807) is 31.4 Å². The standard InChI is InChI=1S/C15H12FN3O2/c1-19-7-6-10(8-12(19)20)14-13(15(17)18-21-14)9-2-4-11(16)5-3-9/h2-8H,1H3,(H2,17,18). The lowest BCUT2D eigenvalue weighted by Crippen LogP contribution is -2.14. The van der Waals surface area contributed by atoms with Crippen LogP contribution in [-0.2, 0) is 7.05 Å². The zero-order chi connectivity index (χ0) is 15.0. The number of anilines is 1. The van der Waals surface area contributed by atoms with Gasteiger partial charge in [-0.15, -0.1) is 0 Å². The van der Waals surface area contributed by atoms with Crippen molar-refractivity contribution in [3.8, 4) is 22.5 Å². The number of nitrogen functional groups attached to an aromatic ring is 1. The van der Waals surface area contributed by atoms with Gasteiger partial charge in [-0.1, -0.05) is 17.3 Å². The monoisotopic (exact) mass is 285 g/mol. The predicted octanol–water partition coefficient (Wildman–Crippen LogP) is 2.43. The molecule has 106 valence electrons. The van der Waals surface area contributed by atoms with Crippen LogP contribution in [0.25, 0.3) is 22.5 Å². The van der Waals surface area contributed by atoms with E-state index in [4.69, 9.17) is 10.3 Å². The number of benzene rings is 1. The topological polar surface area (TPSA) is 74.1 Å². The third-order valence-electron chi connectivity index (χ3n) is 3.22. The molecular weight excluding hydrogens is 273 g/mol. The molecule has 2 N–H and O–H groups in total. The van der Waals surface area contributed by atoms with Crippen LogP contribution in [0.5, 0.6) is 0 Å². The molecule has 0 fully saturated rings. The number of pyridine rings is 1. The number of nitrogens with zero attached hydrogens (tertiary/aromatic N) is 2. The third-order valence-corrected chi connectivity index (χ3v) is 3.22.